The van der Waals surface area contributed by atoms with Gasteiger partial charge in [-0.05, 0) is 32.4 Å². The van der Waals surface area contributed by atoms with Crippen molar-refractivity contribution in [3.63, 3.8) is 0 Å². The molecular weight excluding hydrogens is 204 g/mol. The van der Waals surface area contributed by atoms with Gasteiger partial charge in [-0.15, -0.1) is 0 Å². The maximum atomic E-state index is 11.6. The largest absolute Gasteiger partial charge is 0.370 e. The van der Waals surface area contributed by atoms with Gasteiger partial charge in [-0.25, -0.2) is 0 Å². The van der Waals surface area contributed by atoms with E-state index in [1.807, 2.05) is 13.0 Å². The van der Waals surface area contributed by atoms with E-state index in [9.17, 15) is 4.79 Å². The van der Waals surface area contributed by atoms with E-state index in [1.165, 1.54) is 0 Å². The van der Waals surface area contributed by atoms with Crippen LogP contribution in [0, 0.1) is 0 Å². The lowest BCUT2D eigenvalue weighted by Crippen LogP contribution is -2.31. The van der Waals surface area contributed by atoms with E-state index < -0.39 is 0 Å². The van der Waals surface area contributed by atoms with Gasteiger partial charge in [0, 0.05) is 18.7 Å². The Hall–Kier alpha value is -1.29. The highest BCUT2D eigenvalue weighted by Crippen LogP contribution is 2.27. The van der Waals surface area contributed by atoms with E-state index in [1.54, 1.807) is 0 Å². The molecule has 0 saturated carbocycles. The Morgan fingerprint density at radius 3 is 3.06 bits per heavy atom. The summed E-state index contributed by atoms with van der Waals surface area (Å²) in [5.74, 6) is -0.0466. The van der Waals surface area contributed by atoms with Gasteiger partial charge in [0.25, 0.3) is 5.91 Å². The van der Waals surface area contributed by atoms with Gasteiger partial charge in [-0.2, -0.15) is 0 Å². The molecule has 4 heteroatoms. The Morgan fingerprint density at radius 1 is 1.62 bits per heavy atom. The monoisotopic (exact) mass is 222 g/mol. The second-order valence-corrected chi connectivity index (χ2v) is 4.77. The van der Waals surface area contributed by atoms with Crippen molar-refractivity contribution < 1.29 is 9.53 Å². The maximum Gasteiger partial charge on any atom is 0.267 e. The van der Waals surface area contributed by atoms with Gasteiger partial charge in [-0.3, -0.25) is 4.79 Å². The van der Waals surface area contributed by atoms with Crippen molar-refractivity contribution in [2.45, 2.75) is 39.4 Å². The summed E-state index contributed by atoms with van der Waals surface area (Å²) in [6.45, 7) is 7.25. The first-order chi connectivity index (χ1) is 7.52. The number of ether oxygens (including phenoxy) is 1. The van der Waals surface area contributed by atoms with Crippen molar-refractivity contribution in [2.24, 2.45) is 0 Å². The molecule has 0 radical (unpaired) electrons. The van der Waals surface area contributed by atoms with Crippen molar-refractivity contribution in [1.82, 2.24) is 10.3 Å². The van der Waals surface area contributed by atoms with E-state index in [0.29, 0.717) is 18.8 Å². The first-order valence-corrected chi connectivity index (χ1v) is 5.65. The molecule has 0 bridgehead atoms. The van der Waals surface area contributed by atoms with Gasteiger partial charge >= 0.3 is 0 Å². The minimum absolute atomic E-state index is 0.0466. The second kappa shape index (κ2) is 3.94. The average Bonchev–Trinajstić information content (AvgIpc) is 2.59. The fourth-order valence-corrected chi connectivity index (χ4v) is 1.95. The number of rotatable bonds is 2. The molecule has 0 aliphatic carbocycles. The van der Waals surface area contributed by atoms with Crippen molar-refractivity contribution in [2.75, 3.05) is 6.54 Å². The molecule has 1 amide bonds. The van der Waals surface area contributed by atoms with Crippen LogP contribution in [0.4, 0.5) is 0 Å². The normalized spacial score (nSPS) is 17.9. The fraction of sp³-hybridized carbons (Fsp3) is 0.583. The number of amides is 1. The van der Waals surface area contributed by atoms with Gasteiger partial charge in [0.15, 0.2) is 0 Å². The molecule has 88 valence electrons. The predicted octanol–water partition coefficient (Wildman–Crippen LogP) is 1.62. The topological polar surface area (TPSA) is 54.1 Å². The number of hydrogen-bond acceptors (Lipinski definition) is 2. The number of carbonyl (C=O) groups is 1. The van der Waals surface area contributed by atoms with Crippen molar-refractivity contribution in [1.29, 1.82) is 0 Å². The first kappa shape index (κ1) is 11.2. The van der Waals surface area contributed by atoms with Crippen molar-refractivity contribution in [3.8, 4) is 0 Å². The van der Waals surface area contributed by atoms with Gasteiger partial charge in [0.1, 0.15) is 5.69 Å². The highest BCUT2D eigenvalue weighted by molar-refractivity contribution is 5.92. The molecule has 1 aliphatic rings. The number of aromatic nitrogens is 1. The van der Waals surface area contributed by atoms with Crippen LogP contribution in [0.25, 0.3) is 0 Å². The standard InChI is InChI=1S/C12H18N2O2/c1-4-13-11(15)9-5-8-7-16-12(2,3)6-10(8)14-9/h5,14H,4,6-7H2,1-3H3,(H,13,15). The molecule has 4 nitrogen and oxygen atoms in total. The Balaban J connectivity index is 2.21. The lowest BCUT2D eigenvalue weighted by molar-refractivity contribution is -0.0406. The number of carbonyl (C=O) groups excluding carboxylic acids is 1. The summed E-state index contributed by atoms with van der Waals surface area (Å²) >= 11 is 0. The predicted molar refractivity (Wildman–Crippen MR) is 61.4 cm³/mol. The Kier molecular flexibility index (Phi) is 2.76. The third-order valence-electron chi connectivity index (χ3n) is 2.79. The summed E-state index contributed by atoms with van der Waals surface area (Å²) in [5.41, 5.74) is 2.71. The zero-order valence-electron chi connectivity index (χ0n) is 10.0. The first-order valence-electron chi connectivity index (χ1n) is 5.65. The molecule has 1 aliphatic heterocycles. The van der Waals surface area contributed by atoms with Gasteiger partial charge < -0.3 is 15.0 Å². The molecule has 1 aromatic rings. The lowest BCUT2D eigenvalue weighted by atomic mass is 9.97. The summed E-state index contributed by atoms with van der Waals surface area (Å²) in [4.78, 5) is 14.8. The fourth-order valence-electron chi connectivity index (χ4n) is 1.95. The molecule has 2 heterocycles. The summed E-state index contributed by atoms with van der Waals surface area (Å²) < 4.78 is 5.69. The molecule has 0 fully saturated rings. The number of nitrogens with one attached hydrogen (secondary N) is 2. The minimum atomic E-state index is -0.143. The molecule has 2 N–H and O–H groups in total. The smallest absolute Gasteiger partial charge is 0.267 e. The highest BCUT2D eigenvalue weighted by Gasteiger charge is 2.28. The molecule has 0 saturated heterocycles. The van der Waals surface area contributed by atoms with Crippen LogP contribution in [0.2, 0.25) is 0 Å². The molecule has 0 unspecified atom stereocenters. The molecule has 2 rings (SSSR count). The van der Waals surface area contributed by atoms with Crippen LogP contribution in [0.5, 0.6) is 0 Å². The molecule has 0 atom stereocenters. The number of H-pyrrole nitrogens is 1. The molecular formula is C12H18N2O2. The third-order valence-corrected chi connectivity index (χ3v) is 2.79. The maximum absolute atomic E-state index is 11.6. The third kappa shape index (κ3) is 2.11. The molecule has 16 heavy (non-hydrogen) atoms. The SMILES string of the molecule is CCNC(=O)c1cc2c([nH]1)CC(C)(C)OC2. The number of aromatic amines is 1. The Labute approximate surface area is 95.4 Å². The summed E-state index contributed by atoms with van der Waals surface area (Å²) in [5, 5.41) is 2.78. The zero-order valence-corrected chi connectivity index (χ0v) is 10.0. The highest BCUT2D eigenvalue weighted by atomic mass is 16.5. The summed E-state index contributed by atoms with van der Waals surface area (Å²) in [6, 6.07) is 1.88. The quantitative estimate of drug-likeness (QED) is 0.798. The number of fused-ring (bicyclic) bond motifs is 1. The molecule has 0 spiro atoms. The van der Waals surface area contributed by atoms with E-state index in [4.69, 9.17) is 4.74 Å². The second-order valence-electron chi connectivity index (χ2n) is 4.77. The summed E-state index contributed by atoms with van der Waals surface area (Å²) in [6.07, 6.45) is 0.821. The summed E-state index contributed by atoms with van der Waals surface area (Å²) in [7, 11) is 0. The van der Waals surface area contributed by atoms with Crippen LogP contribution in [0.3, 0.4) is 0 Å². The van der Waals surface area contributed by atoms with E-state index >= 15 is 0 Å². The Bertz CT molecular complexity index is 407. The van der Waals surface area contributed by atoms with Crippen molar-refractivity contribution >= 4 is 5.91 Å². The molecule has 1 aromatic heterocycles. The minimum Gasteiger partial charge on any atom is -0.370 e. The average molecular weight is 222 g/mol. The van der Waals surface area contributed by atoms with Crippen molar-refractivity contribution in [3.05, 3.63) is 23.0 Å². The van der Waals surface area contributed by atoms with Gasteiger partial charge in [0.2, 0.25) is 0 Å². The van der Waals surface area contributed by atoms with Crippen LogP contribution >= 0.6 is 0 Å². The van der Waals surface area contributed by atoms with Gasteiger partial charge in [-0.1, -0.05) is 0 Å². The Morgan fingerprint density at radius 2 is 2.38 bits per heavy atom. The van der Waals surface area contributed by atoms with Crippen LogP contribution in [0.15, 0.2) is 6.07 Å². The van der Waals surface area contributed by atoms with Gasteiger partial charge in [0.05, 0.1) is 12.2 Å². The van der Waals surface area contributed by atoms with Crippen LogP contribution < -0.4 is 5.32 Å². The van der Waals surface area contributed by atoms with Crippen LogP contribution in [-0.4, -0.2) is 23.0 Å². The zero-order chi connectivity index (χ0) is 11.8. The van der Waals surface area contributed by atoms with E-state index in [0.717, 1.165) is 17.7 Å². The van der Waals surface area contributed by atoms with E-state index in [2.05, 4.69) is 24.1 Å². The number of hydrogen-bond donors (Lipinski definition) is 2. The lowest BCUT2D eigenvalue weighted by Gasteiger charge is -2.29. The van der Waals surface area contributed by atoms with E-state index in [-0.39, 0.29) is 11.5 Å². The van der Waals surface area contributed by atoms with Crippen LogP contribution in [0.1, 0.15) is 42.5 Å². The van der Waals surface area contributed by atoms with Crippen LogP contribution in [-0.2, 0) is 17.8 Å². The molecule has 0 aromatic carbocycles.